The van der Waals surface area contributed by atoms with E-state index < -0.39 is 0 Å². The van der Waals surface area contributed by atoms with Gasteiger partial charge in [-0.05, 0) is 58.8 Å². The first-order valence-corrected chi connectivity index (χ1v) is 11.2. The number of hydrogen-bond acceptors (Lipinski definition) is 5. The molecule has 0 spiro atoms. The van der Waals surface area contributed by atoms with Crippen molar-refractivity contribution in [3.63, 3.8) is 0 Å². The van der Waals surface area contributed by atoms with Crippen molar-refractivity contribution in [1.82, 2.24) is 4.90 Å². The van der Waals surface area contributed by atoms with Crippen LogP contribution in [0.15, 0.2) is 34.1 Å². The van der Waals surface area contributed by atoms with Crippen molar-refractivity contribution in [3.05, 3.63) is 44.6 Å². The Morgan fingerprint density at radius 3 is 2.93 bits per heavy atom. The number of benzene rings is 1. The van der Waals surface area contributed by atoms with E-state index in [9.17, 15) is 4.79 Å². The van der Waals surface area contributed by atoms with Crippen molar-refractivity contribution >= 4 is 33.2 Å². The Hall–Kier alpha value is -1.57. The largest absolute Gasteiger partial charge is 0.493 e. The monoisotopic (exact) mass is 467 g/mol. The molecule has 1 aliphatic heterocycles. The summed E-state index contributed by atoms with van der Waals surface area (Å²) in [5.41, 5.74) is 0.571. The molecule has 1 aliphatic rings. The molecule has 7 heteroatoms. The molecule has 152 valence electrons. The summed E-state index contributed by atoms with van der Waals surface area (Å²) in [4.78, 5) is 16.4. The van der Waals surface area contributed by atoms with E-state index in [4.69, 9.17) is 14.2 Å². The van der Waals surface area contributed by atoms with E-state index in [-0.39, 0.29) is 12.0 Å². The highest BCUT2D eigenvalue weighted by Gasteiger charge is 2.25. The zero-order valence-electron chi connectivity index (χ0n) is 16.3. The summed E-state index contributed by atoms with van der Waals surface area (Å²) in [6, 6.07) is 7.63. The van der Waals surface area contributed by atoms with Gasteiger partial charge in [0, 0.05) is 23.6 Å². The first-order valence-electron chi connectivity index (χ1n) is 9.56. The standard InChI is InChI=1S/C21H26BrNO4S/c1-3-8-27-20-18(22)11-15(12-19(20)25-2)21(24)23(13-16-6-4-9-26-16)14-17-7-5-10-28-17/h5,7,10-12,16H,3-4,6,8-9,13-14H2,1-2H3. The Kier molecular flexibility index (Phi) is 7.76. The lowest BCUT2D eigenvalue weighted by atomic mass is 10.1. The molecule has 0 bridgehead atoms. The van der Waals surface area contributed by atoms with Gasteiger partial charge in [0.2, 0.25) is 0 Å². The van der Waals surface area contributed by atoms with Crippen LogP contribution >= 0.6 is 27.3 Å². The first kappa shape index (κ1) is 21.1. The molecule has 1 atom stereocenters. The van der Waals surface area contributed by atoms with E-state index >= 15 is 0 Å². The average molecular weight is 468 g/mol. The third-order valence-corrected chi connectivity index (χ3v) is 6.04. The van der Waals surface area contributed by atoms with Crippen LogP contribution < -0.4 is 9.47 Å². The Bertz CT molecular complexity index is 775. The molecule has 1 unspecified atom stereocenters. The molecule has 1 saturated heterocycles. The lowest BCUT2D eigenvalue weighted by Crippen LogP contribution is -2.36. The SMILES string of the molecule is CCCOc1c(Br)cc(C(=O)N(Cc2cccs2)CC2CCCO2)cc1OC. The highest BCUT2D eigenvalue weighted by atomic mass is 79.9. The van der Waals surface area contributed by atoms with Gasteiger partial charge in [-0.25, -0.2) is 0 Å². The molecule has 5 nitrogen and oxygen atoms in total. The van der Waals surface area contributed by atoms with Crippen LogP contribution in [0.2, 0.25) is 0 Å². The molecule has 1 aromatic heterocycles. The van der Waals surface area contributed by atoms with Gasteiger partial charge in [-0.15, -0.1) is 11.3 Å². The third-order valence-electron chi connectivity index (χ3n) is 4.59. The van der Waals surface area contributed by atoms with Gasteiger partial charge in [-0.3, -0.25) is 4.79 Å². The van der Waals surface area contributed by atoms with Crippen molar-refractivity contribution in [2.45, 2.75) is 38.8 Å². The fourth-order valence-electron chi connectivity index (χ4n) is 3.21. The number of ether oxygens (including phenoxy) is 3. The van der Waals surface area contributed by atoms with Gasteiger partial charge in [0.25, 0.3) is 5.91 Å². The molecular weight excluding hydrogens is 442 g/mol. The smallest absolute Gasteiger partial charge is 0.254 e. The average Bonchev–Trinajstić information content (AvgIpc) is 3.39. The fraction of sp³-hybridized carbons (Fsp3) is 0.476. The molecule has 1 aromatic carbocycles. The van der Waals surface area contributed by atoms with Crippen LogP contribution in [0.3, 0.4) is 0 Å². The summed E-state index contributed by atoms with van der Waals surface area (Å²) >= 11 is 5.19. The number of rotatable bonds is 9. The summed E-state index contributed by atoms with van der Waals surface area (Å²) < 4.78 is 17.8. The molecule has 0 N–H and O–H groups in total. The van der Waals surface area contributed by atoms with E-state index in [1.807, 2.05) is 29.3 Å². The molecule has 0 aliphatic carbocycles. The predicted molar refractivity (Wildman–Crippen MR) is 115 cm³/mol. The third kappa shape index (κ3) is 5.27. The molecule has 1 amide bonds. The number of methoxy groups -OCH3 is 1. The van der Waals surface area contributed by atoms with Crippen molar-refractivity contribution in [2.75, 3.05) is 26.9 Å². The molecule has 3 rings (SSSR count). The van der Waals surface area contributed by atoms with E-state index in [1.54, 1.807) is 24.5 Å². The fourth-order valence-corrected chi connectivity index (χ4v) is 4.49. The number of halogens is 1. The van der Waals surface area contributed by atoms with Gasteiger partial charge in [0.15, 0.2) is 11.5 Å². The number of hydrogen-bond donors (Lipinski definition) is 0. The van der Waals surface area contributed by atoms with Crippen molar-refractivity contribution in [3.8, 4) is 11.5 Å². The zero-order chi connectivity index (χ0) is 19.9. The summed E-state index contributed by atoms with van der Waals surface area (Å²) in [5, 5.41) is 2.03. The summed E-state index contributed by atoms with van der Waals surface area (Å²) in [7, 11) is 1.59. The van der Waals surface area contributed by atoms with Crippen LogP contribution in [-0.4, -0.2) is 43.8 Å². The van der Waals surface area contributed by atoms with E-state index in [2.05, 4.69) is 22.0 Å². The maximum absolute atomic E-state index is 13.4. The Morgan fingerprint density at radius 2 is 2.29 bits per heavy atom. The van der Waals surface area contributed by atoms with E-state index in [0.29, 0.717) is 36.8 Å². The minimum atomic E-state index is -0.0371. The second kappa shape index (κ2) is 10.3. The van der Waals surface area contributed by atoms with Crippen molar-refractivity contribution in [1.29, 1.82) is 0 Å². The maximum Gasteiger partial charge on any atom is 0.254 e. The number of nitrogens with zero attached hydrogens (tertiary/aromatic N) is 1. The van der Waals surface area contributed by atoms with Gasteiger partial charge in [0.1, 0.15) is 0 Å². The summed E-state index contributed by atoms with van der Waals surface area (Å²) in [6.45, 7) is 4.57. The molecule has 0 saturated carbocycles. The number of carbonyl (C=O) groups excluding carboxylic acids is 1. The van der Waals surface area contributed by atoms with Crippen LogP contribution in [0, 0.1) is 0 Å². The molecule has 0 radical (unpaired) electrons. The Balaban J connectivity index is 1.85. The van der Waals surface area contributed by atoms with Gasteiger partial charge in [0.05, 0.1) is 30.8 Å². The second-order valence-corrected chi connectivity index (χ2v) is 8.62. The van der Waals surface area contributed by atoms with Gasteiger partial charge < -0.3 is 19.1 Å². The second-order valence-electron chi connectivity index (χ2n) is 6.74. The van der Waals surface area contributed by atoms with Crippen LogP contribution in [-0.2, 0) is 11.3 Å². The summed E-state index contributed by atoms with van der Waals surface area (Å²) in [5.74, 6) is 1.15. The molecule has 2 aromatic rings. The van der Waals surface area contributed by atoms with Crippen LogP contribution in [0.5, 0.6) is 11.5 Å². The number of amides is 1. The highest BCUT2D eigenvalue weighted by molar-refractivity contribution is 9.10. The quantitative estimate of drug-likeness (QED) is 0.512. The lowest BCUT2D eigenvalue weighted by Gasteiger charge is -2.25. The Morgan fingerprint density at radius 1 is 1.43 bits per heavy atom. The maximum atomic E-state index is 13.4. The molecule has 28 heavy (non-hydrogen) atoms. The first-order chi connectivity index (χ1) is 13.6. The number of carbonyl (C=O) groups is 1. The van der Waals surface area contributed by atoms with E-state index in [1.165, 1.54) is 0 Å². The van der Waals surface area contributed by atoms with Gasteiger partial charge >= 0.3 is 0 Å². The van der Waals surface area contributed by atoms with E-state index in [0.717, 1.165) is 35.2 Å². The highest BCUT2D eigenvalue weighted by Crippen LogP contribution is 2.37. The summed E-state index contributed by atoms with van der Waals surface area (Å²) in [6.07, 6.45) is 3.03. The zero-order valence-corrected chi connectivity index (χ0v) is 18.7. The normalized spacial score (nSPS) is 16.2. The van der Waals surface area contributed by atoms with Crippen LogP contribution in [0.1, 0.15) is 41.4 Å². The minimum absolute atomic E-state index is 0.0371. The molecular formula is C21H26BrNO4S. The molecule has 1 fully saturated rings. The van der Waals surface area contributed by atoms with Crippen LogP contribution in [0.25, 0.3) is 0 Å². The predicted octanol–water partition coefficient (Wildman–Crippen LogP) is 5.13. The molecule has 2 heterocycles. The Labute approximate surface area is 178 Å². The van der Waals surface area contributed by atoms with Crippen molar-refractivity contribution < 1.29 is 19.0 Å². The topological polar surface area (TPSA) is 48.0 Å². The van der Waals surface area contributed by atoms with Gasteiger partial charge in [-0.1, -0.05) is 13.0 Å². The van der Waals surface area contributed by atoms with Crippen molar-refractivity contribution in [2.24, 2.45) is 0 Å². The number of thiophene rings is 1. The van der Waals surface area contributed by atoms with Gasteiger partial charge in [-0.2, -0.15) is 0 Å². The minimum Gasteiger partial charge on any atom is -0.493 e. The van der Waals surface area contributed by atoms with Crippen LogP contribution in [0.4, 0.5) is 0 Å². The lowest BCUT2D eigenvalue weighted by molar-refractivity contribution is 0.0509.